The summed E-state index contributed by atoms with van der Waals surface area (Å²) in [4.78, 5) is 0. The number of rotatable bonds is 6. The lowest BCUT2D eigenvalue weighted by molar-refractivity contribution is 0.0209. The normalized spacial score (nSPS) is 18.7. The number of nitrogens with one attached hydrogen (secondary N) is 1. The van der Waals surface area contributed by atoms with Gasteiger partial charge in [0.2, 0.25) is 0 Å². The molecule has 0 heterocycles. The SMILES string of the molecule is CNCC(OCC1CCCCC1)c1ccccc1. The average molecular weight is 247 g/mol. The summed E-state index contributed by atoms with van der Waals surface area (Å²) in [5, 5.41) is 3.23. The summed E-state index contributed by atoms with van der Waals surface area (Å²) in [5.74, 6) is 0.779. The Morgan fingerprint density at radius 3 is 2.56 bits per heavy atom. The molecule has 1 N–H and O–H groups in total. The van der Waals surface area contributed by atoms with Crippen molar-refractivity contribution in [2.45, 2.75) is 38.2 Å². The van der Waals surface area contributed by atoms with Gasteiger partial charge in [-0.2, -0.15) is 0 Å². The summed E-state index contributed by atoms with van der Waals surface area (Å²) in [7, 11) is 1.99. The first-order valence-corrected chi connectivity index (χ1v) is 7.21. The van der Waals surface area contributed by atoms with Gasteiger partial charge in [-0.1, -0.05) is 49.6 Å². The molecule has 18 heavy (non-hydrogen) atoms. The summed E-state index contributed by atoms with van der Waals surface area (Å²) in [6.07, 6.45) is 7.07. The monoisotopic (exact) mass is 247 g/mol. The zero-order chi connectivity index (χ0) is 12.6. The fourth-order valence-corrected chi connectivity index (χ4v) is 2.73. The van der Waals surface area contributed by atoms with Gasteiger partial charge in [0, 0.05) is 6.54 Å². The van der Waals surface area contributed by atoms with Crippen LogP contribution in [0.3, 0.4) is 0 Å². The van der Waals surface area contributed by atoms with Gasteiger partial charge in [0.15, 0.2) is 0 Å². The lowest BCUT2D eigenvalue weighted by atomic mass is 9.90. The Hall–Kier alpha value is -0.860. The van der Waals surface area contributed by atoms with Crippen LogP contribution in [-0.4, -0.2) is 20.2 Å². The Labute approximate surface area is 111 Å². The number of hydrogen-bond donors (Lipinski definition) is 1. The summed E-state index contributed by atoms with van der Waals surface area (Å²) < 4.78 is 6.15. The van der Waals surface area contributed by atoms with E-state index in [1.165, 1.54) is 37.7 Å². The van der Waals surface area contributed by atoms with Crippen molar-refractivity contribution in [3.05, 3.63) is 35.9 Å². The molecule has 0 amide bonds. The largest absolute Gasteiger partial charge is 0.372 e. The lowest BCUT2D eigenvalue weighted by Crippen LogP contribution is -2.23. The first-order chi connectivity index (χ1) is 8.90. The Morgan fingerprint density at radius 2 is 1.89 bits per heavy atom. The van der Waals surface area contributed by atoms with Gasteiger partial charge in [-0.15, -0.1) is 0 Å². The molecule has 0 saturated heterocycles. The van der Waals surface area contributed by atoms with E-state index in [2.05, 4.69) is 35.6 Å². The third-order valence-electron chi connectivity index (χ3n) is 3.82. The molecule has 1 saturated carbocycles. The van der Waals surface area contributed by atoms with Crippen LogP contribution in [0.1, 0.15) is 43.8 Å². The highest BCUT2D eigenvalue weighted by Gasteiger charge is 2.17. The predicted octanol–water partition coefficient (Wildman–Crippen LogP) is 3.54. The van der Waals surface area contributed by atoms with E-state index >= 15 is 0 Å². The van der Waals surface area contributed by atoms with Gasteiger partial charge in [-0.25, -0.2) is 0 Å². The number of ether oxygens (including phenoxy) is 1. The van der Waals surface area contributed by atoms with Crippen molar-refractivity contribution in [3.63, 3.8) is 0 Å². The average Bonchev–Trinajstić information content (AvgIpc) is 2.45. The summed E-state index contributed by atoms with van der Waals surface area (Å²) in [6.45, 7) is 1.80. The summed E-state index contributed by atoms with van der Waals surface area (Å²) >= 11 is 0. The first-order valence-electron chi connectivity index (χ1n) is 7.21. The summed E-state index contributed by atoms with van der Waals surface area (Å²) in [5.41, 5.74) is 1.28. The van der Waals surface area contributed by atoms with E-state index in [0.717, 1.165) is 19.1 Å². The van der Waals surface area contributed by atoms with Crippen LogP contribution in [0.15, 0.2) is 30.3 Å². The molecule has 0 spiro atoms. The van der Waals surface area contributed by atoms with Gasteiger partial charge in [0.1, 0.15) is 0 Å². The van der Waals surface area contributed by atoms with Gasteiger partial charge in [0.05, 0.1) is 12.7 Å². The molecule has 1 atom stereocenters. The van der Waals surface area contributed by atoms with Crippen molar-refractivity contribution < 1.29 is 4.74 Å². The topological polar surface area (TPSA) is 21.3 Å². The molecule has 0 bridgehead atoms. The predicted molar refractivity (Wildman–Crippen MR) is 75.6 cm³/mol. The molecule has 0 aromatic heterocycles. The molecule has 2 rings (SSSR count). The second-order valence-corrected chi connectivity index (χ2v) is 5.29. The van der Waals surface area contributed by atoms with Crippen LogP contribution >= 0.6 is 0 Å². The third-order valence-corrected chi connectivity index (χ3v) is 3.82. The molecule has 2 heteroatoms. The van der Waals surface area contributed by atoms with Crippen molar-refractivity contribution in [2.24, 2.45) is 5.92 Å². The van der Waals surface area contributed by atoms with Crippen LogP contribution < -0.4 is 5.32 Å². The maximum Gasteiger partial charge on any atom is 0.0949 e. The van der Waals surface area contributed by atoms with Gasteiger partial charge >= 0.3 is 0 Å². The van der Waals surface area contributed by atoms with Crippen molar-refractivity contribution in [2.75, 3.05) is 20.2 Å². The number of hydrogen-bond acceptors (Lipinski definition) is 2. The fraction of sp³-hybridized carbons (Fsp3) is 0.625. The van der Waals surface area contributed by atoms with E-state index in [1.54, 1.807) is 0 Å². The highest BCUT2D eigenvalue weighted by molar-refractivity contribution is 5.17. The van der Waals surface area contributed by atoms with E-state index in [4.69, 9.17) is 4.74 Å². The van der Waals surface area contributed by atoms with Crippen LogP contribution in [0.5, 0.6) is 0 Å². The second kappa shape index (κ2) is 7.55. The molecule has 1 aliphatic rings. The smallest absolute Gasteiger partial charge is 0.0949 e. The fourth-order valence-electron chi connectivity index (χ4n) is 2.73. The second-order valence-electron chi connectivity index (χ2n) is 5.29. The van der Waals surface area contributed by atoms with Crippen LogP contribution in [0, 0.1) is 5.92 Å². The van der Waals surface area contributed by atoms with Crippen LogP contribution in [0.4, 0.5) is 0 Å². The van der Waals surface area contributed by atoms with Crippen molar-refractivity contribution in [1.82, 2.24) is 5.32 Å². The first kappa shape index (κ1) is 13.6. The maximum absolute atomic E-state index is 6.15. The lowest BCUT2D eigenvalue weighted by Gasteiger charge is -2.25. The molecule has 1 unspecified atom stereocenters. The quantitative estimate of drug-likeness (QED) is 0.830. The minimum absolute atomic E-state index is 0.193. The zero-order valence-corrected chi connectivity index (χ0v) is 11.4. The minimum Gasteiger partial charge on any atom is -0.372 e. The van der Waals surface area contributed by atoms with Crippen molar-refractivity contribution in [1.29, 1.82) is 0 Å². The van der Waals surface area contributed by atoms with E-state index in [1.807, 2.05) is 7.05 Å². The van der Waals surface area contributed by atoms with Gasteiger partial charge in [-0.05, 0) is 31.4 Å². The zero-order valence-electron chi connectivity index (χ0n) is 11.4. The van der Waals surface area contributed by atoms with Gasteiger partial charge < -0.3 is 10.1 Å². The van der Waals surface area contributed by atoms with Gasteiger partial charge in [0.25, 0.3) is 0 Å². The molecule has 1 aromatic rings. The van der Waals surface area contributed by atoms with Crippen LogP contribution in [-0.2, 0) is 4.74 Å². The van der Waals surface area contributed by atoms with Crippen LogP contribution in [0.25, 0.3) is 0 Å². The molecule has 1 aliphatic carbocycles. The molecule has 0 aliphatic heterocycles. The highest BCUT2D eigenvalue weighted by Crippen LogP contribution is 2.26. The van der Waals surface area contributed by atoms with E-state index < -0.39 is 0 Å². The van der Waals surface area contributed by atoms with Crippen molar-refractivity contribution in [3.8, 4) is 0 Å². The molecule has 0 radical (unpaired) electrons. The minimum atomic E-state index is 0.193. The molecule has 1 aromatic carbocycles. The molecule has 2 nitrogen and oxygen atoms in total. The Balaban J connectivity index is 1.86. The maximum atomic E-state index is 6.15. The Bertz CT molecular complexity index is 319. The third kappa shape index (κ3) is 4.11. The van der Waals surface area contributed by atoms with Gasteiger partial charge in [-0.3, -0.25) is 0 Å². The standard InChI is InChI=1S/C16H25NO/c1-17-12-16(15-10-6-3-7-11-15)18-13-14-8-4-2-5-9-14/h3,6-7,10-11,14,16-17H,2,4-5,8-9,12-13H2,1H3. The van der Waals surface area contributed by atoms with E-state index in [-0.39, 0.29) is 6.10 Å². The number of benzene rings is 1. The van der Waals surface area contributed by atoms with Crippen LogP contribution in [0.2, 0.25) is 0 Å². The molecule has 100 valence electrons. The Morgan fingerprint density at radius 1 is 1.17 bits per heavy atom. The molecule has 1 fully saturated rings. The summed E-state index contributed by atoms with van der Waals surface area (Å²) in [6, 6.07) is 10.5. The Kier molecular flexibility index (Phi) is 5.69. The molecular weight excluding hydrogens is 222 g/mol. The van der Waals surface area contributed by atoms with E-state index in [0.29, 0.717) is 0 Å². The highest BCUT2D eigenvalue weighted by atomic mass is 16.5. The van der Waals surface area contributed by atoms with E-state index in [9.17, 15) is 0 Å². The molecular formula is C16H25NO. The number of likely N-dealkylation sites (N-methyl/N-ethyl adjacent to an activating group) is 1. The van der Waals surface area contributed by atoms with Crippen molar-refractivity contribution >= 4 is 0 Å².